The van der Waals surface area contributed by atoms with Crippen LogP contribution in [0.4, 0.5) is 0 Å². The molecule has 0 heterocycles. The topological polar surface area (TPSA) is 95.1 Å². The van der Waals surface area contributed by atoms with Crippen LogP contribution in [0.1, 0.15) is 26.2 Å². The minimum absolute atomic E-state index is 0.260. The number of rotatable bonds is 5. The lowest BCUT2D eigenvalue weighted by Crippen LogP contribution is -2.50. The Bertz CT molecular complexity index is 187. The molecule has 0 aliphatic carbocycles. The molecular weight excluding hydrogens is 154 g/mol. The van der Waals surface area contributed by atoms with E-state index in [2.05, 4.69) is 6.58 Å². The van der Waals surface area contributed by atoms with Gasteiger partial charge in [-0.3, -0.25) is 4.79 Å². The standard InChI is InChI=1S/C8H17N3O/c1-3-4-8(10,11)5-6(2)7(9)12/h2-5,10-11H2,1H3,(H2,9,12). The molecule has 0 spiro atoms. The van der Waals surface area contributed by atoms with Gasteiger partial charge in [0.15, 0.2) is 0 Å². The van der Waals surface area contributed by atoms with Crippen molar-refractivity contribution in [1.82, 2.24) is 0 Å². The zero-order chi connectivity index (χ0) is 9.78. The van der Waals surface area contributed by atoms with Crippen LogP contribution in [0.3, 0.4) is 0 Å². The number of primary amides is 1. The maximum atomic E-state index is 10.6. The van der Waals surface area contributed by atoms with E-state index in [1.54, 1.807) is 0 Å². The molecule has 0 fully saturated rings. The minimum atomic E-state index is -0.846. The third-order valence-corrected chi connectivity index (χ3v) is 1.61. The van der Waals surface area contributed by atoms with Crippen LogP contribution in [0.5, 0.6) is 0 Å². The van der Waals surface area contributed by atoms with E-state index < -0.39 is 11.6 Å². The lowest BCUT2D eigenvalue weighted by molar-refractivity contribution is -0.114. The molecule has 70 valence electrons. The highest BCUT2D eigenvalue weighted by Gasteiger charge is 2.20. The summed E-state index contributed by atoms with van der Waals surface area (Å²) in [5.74, 6) is -0.536. The molecule has 0 saturated heterocycles. The van der Waals surface area contributed by atoms with E-state index in [9.17, 15) is 4.79 Å². The number of hydrogen-bond donors (Lipinski definition) is 3. The Morgan fingerprint density at radius 3 is 2.33 bits per heavy atom. The molecule has 6 N–H and O–H groups in total. The van der Waals surface area contributed by atoms with E-state index in [4.69, 9.17) is 17.2 Å². The minimum Gasteiger partial charge on any atom is -0.366 e. The van der Waals surface area contributed by atoms with Crippen molar-refractivity contribution >= 4 is 5.91 Å². The highest BCUT2D eigenvalue weighted by atomic mass is 16.1. The smallest absolute Gasteiger partial charge is 0.244 e. The molecule has 0 aromatic carbocycles. The molecule has 12 heavy (non-hydrogen) atoms. The highest BCUT2D eigenvalue weighted by molar-refractivity contribution is 5.91. The van der Waals surface area contributed by atoms with Gasteiger partial charge < -0.3 is 17.2 Å². The Labute approximate surface area is 72.8 Å². The van der Waals surface area contributed by atoms with Crippen molar-refractivity contribution in [2.24, 2.45) is 17.2 Å². The van der Waals surface area contributed by atoms with Gasteiger partial charge in [0.05, 0.1) is 5.66 Å². The molecule has 0 rings (SSSR count). The highest BCUT2D eigenvalue weighted by Crippen LogP contribution is 2.12. The molecule has 0 aromatic heterocycles. The number of carbonyl (C=O) groups excluding carboxylic acids is 1. The van der Waals surface area contributed by atoms with Crippen LogP contribution in [-0.4, -0.2) is 11.6 Å². The fourth-order valence-corrected chi connectivity index (χ4v) is 1.04. The van der Waals surface area contributed by atoms with Crippen LogP contribution < -0.4 is 17.2 Å². The van der Waals surface area contributed by atoms with E-state index in [0.717, 1.165) is 6.42 Å². The number of amides is 1. The molecular formula is C8H17N3O. The van der Waals surface area contributed by atoms with E-state index in [-0.39, 0.29) is 12.0 Å². The van der Waals surface area contributed by atoms with E-state index >= 15 is 0 Å². The van der Waals surface area contributed by atoms with Gasteiger partial charge >= 0.3 is 0 Å². The summed E-state index contributed by atoms with van der Waals surface area (Å²) < 4.78 is 0. The first-order valence-corrected chi connectivity index (χ1v) is 3.94. The second kappa shape index (κ2) is 4.23. The molecule has 0 saturated carbocycles. The van der Waals surface area contributed by atoms with Gasteiger partial charge in [-0.1, -0.05) is 19.9 Å². The molecule has 1 amide bonds. The molecule has 0 aromatic rings. The van der Waals surface area contributed by atoms with Crippen LogP contribution in [0.2, 0.25) is 0 Å². The van der Waals surface area contributed by atoms with E-state index in [0.29, 0.717) is 6.42 Å². The first-order chi connectivity index (χ1) is 5.39. The van der Waals surface area contributed by atoms with Gasteiger partial charge in [-0.05, 0) is 6.42 Å². The Morgan fingerprint density at radius 1 is 1.50 bits per heavy atom. The zero-order valence-corrected chi connectivity index (χ0v) is 7.47. The second-order valence-electron chi connectivity index (χ2n) is 3.13. The van der Waals surface area contributed by atoms with Gasteiger partial charge in [0.1, 0.15) is 0 Å². The van der Waals surface area contributed by atoms with Gasteiger partial charge in [0, 0.05) is 12.0 Å². The zero-order valence-electron chi connectivity index (χ0n) is 7.47. The second-order valence-corrected chi connectivity index (χ2v) is 3.13. The fraction of sp³-hybridized carbons (Fsp3) is 0.625. The Hall–Kier alpha value is -0.870. The summed E-state index contributed by atoms with van der Waals surface area (Å²) in [5.41, 5.74) is 15.8. The van der Waals surface area contributed by atoms with Crippen LogP contribution in [0, 0.1) is 0 Å². The predicted molar refractivity (Wildman–Crippen MR) is 49.0 cm³/mol. The number of carbonyl (C=O) groups is 1. The quantitative estimate of drug-likeness (QED) is 0.396. The maximum absolute atomic E-state index is 10.6. The van der Waals surface area contributed by atoms with Crippen molar-refractivity contribution < 1.29 is 4.79 Å². The summed E-state index contributed by atoms with van der Waals surface area (Å²) in [6.07, 6.45) is 1.79. The molecule has 0 atom stereocenters. The summed E-state index contributed by atoms with van der Waals surface area (Å²) in [6.45, 7) is 5.46. The van der Waals surface area contributed by atoms with E-state index in [1.807, 2.05) is 6.92 Å². The Kier molecular flexibility index (Phi) is 3.92. The van der Waals surface area contributed by atoms with Crippen molar-refractivity contribution in [3.8, 4) is 0 Å². The van der Waals surface area contributed by atoms with E-state index in [1.165, 1.54) is 0 Å². The summed E-state index contributed by atoms with van der Waals surface area (Å²) in [6, 6.07) is 0. The van der Waals surface area contributed by atoms with Gasteiger partial charge in [0.2, 0.25) is 5.91 Å². The molecule has 0 aliphatic heterocycles. The number of nitrogens with two attached hydrogens (primary N) is 3. The number of hydrogen-bond acceptors (Lipinski definition) is 3. The van der Waals surface area contributed by atoms with Crippen molar-refractivity contribution in [3.63, 3.8) is 0 Å². The lowest BCUT2D eigenvalue weighted by Gasteiger charge is -2.23. The van der Waals surface area contributed by atoms with Gasteiger partial charge in [-0.15, -0.1) is 0 Å². The molecule has 0 aliphatic rings. The van der Waals surface area contributed by atoms with Crippen molar-refractivity contribution in [1.29, 1.82) is 0 Å². The Morgan fingerprint density at radius 2 is 2.00 bits per heavy atom. The fourth-order valence-electron chi connectivity index (χ4n) is 1.04. The van der Waals surface area contributed by atoms with Crippen molar-refractivity contribution in [2.75, 3.05) is 0 Å². The summed E-state index contributed by atoms with van der Waals surface area (Å²) in [4.78, 5) is 10.6. The molecule has 0 bridgehead atoms. The predicted octanol–water partition coefficient (Wildman–Crippen LogP) is -0.168. The van der Waals surface area contributed by atoms with Gasteiger partial charge in [-0.25, -0.2) is 0 Å². The van der Waals surface area contributed by atoms with Crippen molar-refractivity contribution in [2.45, 2.75) is 31.8 Å². The van der Waals surface area contributed by atoms with Crippen molar-refractivity contribution in [3.05, 3.63) is 12.2 Å². The average Bonchev–Trinajstić information content (AvgIpc) is 1.85. The van der Waals surface area contributed by atoms with Gasteiger partial charge in [-0.2, -0.15) is 0 Å². The lowest BCUT2D eigenvalue weighted by atomic mass is 9.97. The first kappa shape index (κ1) is 11.1. The van der Waals surface area contributed by atoms with Crippen LogP contribution >= 0.6 is 0 Å². The van der Waals surface area contributed by atoms with Crippen LogP contribution in [0.15, 0.2) is 12.2 Å². The molecule has 0 radical (unpaired) electrons. The summed E-state index contributed by atoms with van der Waals surface area (Å²) in [7, 11) is 0. The van der Waals surface area contributed by atoms with Gasteiger partial charge in [0.25, 0.3) is 0 Å². The Balaban J connectivity index is 4.05. The average molecular weight is 171 g/mol. The molecule has 4 heteroatoms. The molecule has 4 nitrogen and oxygen atoms in total. The largest absolute Gasteiger partial charge is 0.366 e. The first-order valence-electron chi connectivity index (χ1n) is 3.94. The van der Waals surface area contributed by atoms with Crippen LogP contribution in [0.25, 0.3) is 0 Å². The van der Waals surface area contributed by atoms with Crippen LogP contribution in [-0.2, 0) is 4.79 Å². The monoisotopic (exact) mass is 171 g/mol. The normalized spacial score (nSPS) is 11.2. The third-order valence-electron chi connectivity index (χ3n) is 1.61. The summed E-state index contributed by atoms with van der Waals surface area (Å²) >= 11 is 0. The summed E-state index contributed by atoms with van der Waals surface area (Å²) in [5, 5.41) is 0. The molecule has 0 unspecified atom stereocenters. The third kappa shape index (κ3) is 4.10. The SMILES string of the molecule is C=C(CC(N)(N)CCC)C(N)=O. The maximum Gasteiger partial charge on any atom is 0.244 e.